The van der Waals surface area contributed by atoms with E-state index in [1.165, 1.54) is 35.6 Å². The molecule has 0 saturated heterocycles. The molecule has 16 heavy (non-hydrogen) atoms. The van der Waals surface area contributed by atoms with Crippen LogP contribution in [0.3, 0.4) is 0 Å². The maximum Gasteiger partial charge on any atom is 0.0897 e. The average molecular weight is 238 g/mol. The number of nitrogens with zero attached hydrogens (tertiary/aromatic N) is 1. The first-order valence-electron chi connectivity index (χ1n) is 6.20. The van der Waals surface area contributed by atoms with Crippen LogP contribution < -0.4 is 5.32 Å². The van der Waals surface area contributed by atoms with E-state index in [0.29, 0.717) is 5.41 Å². The van der Waals surface area contributed by atoms with E-state index in [1.807, 2.05) is 6.20 Å². The molecule has 0 amide bonds. The maximum atomic E-state index is 4.28. The third kappa shape index (κ3) is 3.29. The second kappa shape index (κ2) is 4.84. The van der Waals surface area contributed by atoms with Gasteiger partial charge in [-0.25, -0.2) is 4.98 Å². The normalized spacial score (nSPS) is 21.2. The molecule has 1 N–H and O–H groups in total. The van der Waals surface area contributed by atoms with Gasteiger partial charge in [-0.2, -0.15) is 0 Å². The molecule has 1 fully saturated rings. The van der Waals surface area contributed by atoms with Crippen molar-refractivity contribution in [3.05, 3.63) is 16.1 Å². The van der Waals surface area contributed by atoms with Gasteiger partial charge < -0.3 is 5.32 Å². The molecule has 90 valence electrons. The molecule has 2 nitrogen and oxygen atoms in total. The SMILES string of the molecule is Cc1ncc(CNC2CCC(C)(C)CC2)s1. The van der Waals surface area contributed by atoms with Gasteiger partial charge in [0, 0.05) is 23.7 Å². The largest absolute Gasteiger partial charge is 0.309 e. The smallest absolute Gasteiger partial charge is 0.0897 e. The van der Waals surface area contributed by atoms with Crippen LogP contribution in [-0.4, -0.2) is 11.0 Å². The van der Waals surface area contributed by atoms with Crippen LogP contribution in [0.4, 0.5) is 0 Å². The first-order chi connectivity index (χ1) is 7.55. The lowest BCUT2D eigenvalue weighted by Gasteiger charge is -2.34. The predicted octanol–water partition coefficient (Wildman–Crippen LogP) is 3.51. The fourth-order valence-electron chi connectivity index (χ4n) is 2.34. The van der Waals surface area contributed by atoms with Gasteiger partial charge in [0.25, 0.3) is 0 Å². The second-order valence-corrected chi connectivity index (χ2v) is 6.98. The van der Waals surface area contributed by atoms with Crippen LogP contribution in [0.1, 0.15) is 49.4 Å². The molecule has 1 aromatic heterocycles. The Morgan fingerprint density at radius 1 is 1.44 bits per heavy atom. The predicted molar refractivity (Wildman–Crippen MR) is 69.7 cm³/mol. The van der Waals surface area contributed by atoms with Gasteiger partial charge in [-0.1, -0.05) is 13.8 Å². The van der Waals surface area contributed by atoms with Crippen LogP contribution in [0.5, 0.6) is 0 Å². The average Bonchev–Trinajstić information content (AvgIpc) is 2.63. The molecule has 0 radical (unpaired) electrons. The molecular weight excluding hydrogens is 216 g/mol. The van der Waals surface area contributed by atoms with Gasteiger partial charge in [0.15, 0.2) is 0 Å². The van der Waals surface area contributed by atoms with Gasteiger partial charge in [0.1, 0.15) is 0 Å². The maximum absolute atomic E-state index is 4.28. The zero-order valence-corrected chi connectivity index (χ0v) is 11.4. The fourth-order valence-corrected chi connectivity index (χ4v) is 3.08. The minimum absolute atomic E-state index is 0.569. The van der Waals surface area contributed by atoms with E-state index < -0.39 is 0 Å². The minimum Gasteiger partial charge on any atom is -0.309 e. The highest BCUT2D eigenvalue weighted by molar-refractivity contribution is 7.11. The Morgan fingerprint density at radius 3 is 2.69 bits per heavy atom. The van der Waals surface area contributed by atoms with E-state index in [4.69, 9.17) is 0 Å². The van der Waals surface area contributed by atoms with Crippen molar-refractivity contribution in [3.8, 4) is 0 Å². The highest BCUT2D eigenvalue weighted by atomic mass is 32.1. The van der Waals surface area contributed by atoms with Gasteiger partial charge >= 0.3 is 0 Å². The Bertz CT molecular complexity index is 333. The summed E-state index contributed by atoms with van der Waals surface area (Å²) in [5.74, 6) is 0. The summed E-state index contributed by atoms with van der Waals surface area (Å²) in [6.07, 6.45) is 7.36. The number of hydrogen-bond acceptors (Lipinski definition) is 3. The van der Waals surface area contributed by atoms with Crippen molar-refractivity contribution < 1.29 is 0 Å². The molecule has 1 aliphatic carbocycles. The monoisotopic (exact) mass is 238 g/mol. The molecule has 1 aromatic rings. The summed E-state index contributed by atoms with van der Waals surface area (Å²) in [6, 6.07) is 0.718. The van der Waals surface area contributed by atoms with E-state index >= 15 is 0 Å². The Morgan fingerprint density at radius 2 is 2.12 bits per heavy atom. The third-order valence-electron chi connectivity index (χ3n) is 3.57. The Hall–Kier alpha value is -0.410. The van der Waals surface area contributed by atoms with E-state index in [-0.39, 0.29) is 0 Å². The van der Waals surface area contributed by atoms with E-state index in [1.54, 1.807) is 11.3 Å². The molecule has 1 heterocycles. The molecule has 1 aliphatic rings. The number of hydrogen-bond donors (Lipinski definition) is 1. The van der Waals surface area contributed by atoms with Crippen molar-refractivity contribution >= 4 is 11.3 Å². The lowest BCUT2D eigenvalue weighted by molar-refractivity contribution is 0.206. The van der Waals surface area contributed by atoms with Crippen molar-refractivity contribution in [3.63, 3.8) is 0 Å². The number of aryl methyl sites for hydroxylation is 1. The second-order valence-electron chi connectivity index (χ2n) is 5.66. The van der Waals surface area contributed by atoms with Crippen LogP contribution in [-0.2, 0) is 6.54 Å². The summed E-state index contributed by atoms with van der Waals surface area (Å²) in [4.78, 5) is 5.65. The van der Waals surface area contributed by atoms with Crippen LogP contribution in [0, 0.1) is 12.3 Å². The highest BCUT2D eigenvalue weighted by Crippen LogP contribution is 2.35. The van der Waals surface area contributed by atoms with E-state index in [9.17, 15) is 0 Å². The first kappa shape index (κ1) is 12.1. The van der Waals surface area contributed by atoms with Crippen molar-refractivity contribution in [2.45, 2.75) is 59.0 Å². The molecule has 2 rings (SSSR count). The number of nitrogens with one attached hydrogen (secondary N) is 1. The van der Waals surface area contributed by atoms with E-state index in [2.05, 4.69) is 31.1 Å². The summed E-state index contributed by atoms with van der Waals surface area (Å²) in [5.41, 5.74) is 0.569. The minimum atomic E-state index is 0.569. The van der Waals surface area contributed by atoms with Crippen LogP contribution >= 0.6 is 11.3 Å². The van der Waals surface area contributed by atoms with Crippen molar-refractivity contribution in [2.75, 3.05) is 0 Å². The molecule has 0 atom stereocenters. The molecule has 0 unspecified atom stereocenters. The third-order valence-corrected chi connectivity index (χ3v) is 4.49. The Labute approximate surface area is 102 Å². The molecule has 0 bridgehead atoms. The number of thiazole rings is 1. The van der Waals surface area contributed by atoms with Crippen molar-refractivity contribution in [1.82, 2.24) is 10.3 Å². The zero-order chi connectivity index (χ0) is 11.6. The van der Waals surface area contributed by atoms with Gasteiger partial charge in [0.2, 0.25) is 0 Å². The molecule has 0 spiro atoms. The lowest BCUT2D eigenvalue weighted by Crippen LogP contribution is -2.34. The summed E-state index contributed by atoms with van der Waals surface area (Å²) in [6.45, 7) is 7.83. The molecule has 0 aromatic carbocycles. The van der Waals surface area contributed by atoms with Gasteiger partial charge in [-0.3, -0.25) is 0 Å². The zero-order valence-electron chi connectivity index (χ0n) is 10.5. The highest BCUT2D eigenvalue weighted by Gasteiger charge is 2.26. The van der Waals surface area contributed by atoms with Gasteiger partial charge in [-0.05, 0) is 38.0 Å². The number of rotatable bonds is 3. The standard InChI is InChI=1S/C13H22N2S/c1-10-14-8-12(16-10)9-15-11-4-6-13(2,3)7-5-11/h8,11,15H,4-7,9H2,1-3H3. The summed E-state index contributed by atoms with van der Waals surface area (Å²) >= 11 is 1.80. The fraction of sp³-hybridized carbons (Fsp3) is 0.769. The van der Waals surface area contributed by atoms with Crippen molar-refractivity contribution in [1.29, 1.82) is 0 Å². The quantitative estimate of drug-likeness (QED) is 0.871. The Balaban J connectivity index is 1.75. The summed E-state index contributed by atoms with van der Waals surface area (Å²) < 4.78 is 0. The van der Waals surface area contributed by atoms with Gasteiger partial charge in [0.05, 0.1) is 5.01 Å². The first-order valence-corrected chi connectivity index (χ1v) is 7.01. The van der Waals surface area contributed by atoms with Crippen LogP contribution in [0.25, 0.3) is 0 Å². The van der Waals surface area contributed by atoms with Crippen LogP contribution in [0.15, 0.2) is 6.20 Å². The Kier molecular flexibility index (Phi) is 3.65. The van der Waals surface area contributed by atoms with Gasteiger partial charge in [-0.15, -0.1) is 11.3 Å². The van der Waals surface area contributed by atoms with Crippen molar-refractivity contribution in [2.24, 2.45) is 5.41 Å². The number of aromatic nitrogens is 1. The molecule has 1 saturated carbocycles. The summed E-state index contributed by atoms with van der Waals surface area (Å²) in [5, 5.41) is 4.83. The summed E-state index contributed by atoms with van der Waals surface area (Å²) in [7, 11) is 0. The molecule has 3 heteroatoms. The lowest BCUT2D eigenvalue weighted by atomic mass is 9.75. The molecule has 0 aliphatic heterocycles. The topological polar surface area (TPSA) is 24.9 Å². The van der Waals surface area contributed by atoms with E-state index in [0.717, 1.165) is 12.6 Å². The van der Waals surface area contributed by atoms with Crippen LogP contribution in [0.2, 0.25) is 0 Å². The molecular formula is C13H22N2S.